The average molecular weight is 380 g/mol. The zero-order chi connectivity index (χ0) is 19.0. The molecule has 0 bridgehead atoms. The molecule has 2 aromatic carbocycles. The fraction of sp³-hybridized carbons (Fsp3) is 0.238. The molecule has 1 fully saturated rings. The SMILES string of the molecule is CS(=O)(=O)c1ccc(CC2CC2)c(-n2nccc(-c3ccccc3)c2=O)c1. The van der Waals surface area contributed by atoms with Gasteiger partial charge in [-0.15, -0.1) is 0 Å². The fourth-order valence-electron chi connectivity index (χ4n) is 3.20. The molecule has 0 saturated heterocycles. The highest BCUT2D eigenvalue weighted by atomic mass is 32.2. The molecule has 1 heterocycles. The van der Waals surface area contributed by atoms with Gasteiger partial charge < -0.3 is 0 Å². The summed E-state index contributed by atoms with van der Waals surface area (Å²) in [5, 5.41) is 4.26. The smallest absolute Gasteiger partial charge is 0.267 e. The van der Waals surface area contributed by atoms with E-state index in [1.807, 2.05) is 36.4 Å². The third kappa shape index (κ3) is 3.71. The Morgan fingerprint density at radius 1 is 1.07 bits per heavy atom. The quantitative estimate of drug-likeness (QED) is 0.681. The first-order chi connectivity index (χ1) is 12.9. The highest BCUT2D eigenvalue weighted by Crippen LogP contribution is 2.34. The highest BCUT2D eigenvalue weighted by molar-refractivity contribution is 7.90. The molecule has 6 heteroatoms. The van der Waals surface area contributed by atoms with Gasteiger partial charge in [-0.3, -0.25) is 4.79 Å². The van der Waals surface area contributed by atoms with Gasteiger partial charge in [0.25, 0.3) is 5.56 Å². The summed E-state index contributed by atoms with van der Waals surface area (Å²) in [5.74, 6) is 0.598. The van der Waals surface area contributed by atoms with Gasteiger partial charge in [-0.1, -0.05) is 36.4 Å². The second-order valence-electron chi connectivity index (χ2n) is 7.04. The minimum Gasteiger partial charge on any atom is -0.267 e. The van der Waals surface area contributed by atoms with E-state index >= 15 is 0 Å². The number of nitrogens with zero attached hydrogens (tertiary/aromatic N) is 2. The number of rotatable bonds is 5. The second-order valence-corrected chi connectivity index (χ2v) is 9.05. The van der Waals surface area contributed by atoms with Crippen molar-refractivity contribution in [2.45, 2.75) is 24.2 Å². The molecule has 0 atom stereocenters. The largest absolute Gasteiger partial charge is 0.279 e. The van der Waals surface area contributed by atoms with Crippen molar-refractivity contribution < 1.29 is 8.42 Å². The fourth-order valence-corrected chi connectivity index (χ4v) is 3.84. The van der Waals surface area contributed by atoms with Gasteiger partial charge in [-0.25, -0.2) is 8.42 Å². The summed E-state index contributed by atoms with van der Waals surface area (Å²) >= 11 is 0. The molecule has 4 rings (SSSR count). The molecule has 0 unspecified atom stereocenters. The van der Waals surface area contributed by atoms with E-state index in [1.54, 1.807) is 24.4 Å². The summed E-state index contributed by atoms with van der Waals surface area (Å²) in [5.41, 5.74) is 2.58. The van der Waals surface area contributed by atoms with Gasteiger partial charge in [0, 0.05) is 12.5 Å². The van der Waals surface area contributed by atoms with E-state index in [4.69, 9.17) is 0 Å². The zero-order valence-corrected chi connectivity index (χ0v) is 15.8. The van der Waals surface area contributed by atoms with Gasteiger partial charge in [-0.2, -0.15) is 9.78 Å². The first kappa shape index (κ1) is 17.7. The Balaban J connectivity index is 1.90. The maximum Gasteiger partial charge on any atom is 0.279 e. The Bertz CT molecular complexity index is 1150. The van der Waals surface area contributed by atoms with Gasteiger partial charge in [0.1, 0.15) is 0 Å². The molecule has 0 N–H and O–H groups in total. The van der Waals surface area contributed by atoms with Crippen molar-refractivity contribution in [3.8, 4) is 16.8 Å². The molecule has 5 nitrogen and oxygen atoms in total. The lowest BCUT2D eigenvalue weighted by Gasteiger charge is -2.13. The molecule has 27 heavy (non-hydrogen) atoms. The molecule has 3 aromatic rings. The van der Waals surface area contributed by atoms with Gasteiger partial charge in [0.15, 0.2) is 9.84 Å². The molecule has 1 saturated carbocycles. The minimum absolute atomic E-state index is 0.191. The lowest BCUT2D eigenvalue weighted by Crippen LogP contribution is -2.23. The van der Waals surface area contributed by atoms with Crippen LogP contribution < -0.4 is 5.56 Å². The molecule has 138 valence electrons. The van der Waals surface area contributed by atoms with Crippen LogP contribution in [0.5, 0.6) is 0 Å². The van der Waals surface area contributed by atoms with E-state index in [0.29, 0.717) is 17.2 Å². The Morgan fingerprint density at radius 3 is 2.48 bits per heavy atom. The number of hydrogen-bond acceptors (Lipinski definition) is 4. The van der Waals surface area contributed by atoms with E-state index in [2.05, 4.69) is 5.10 Å². The van der Waals surface area contributed by atoms with Crippen LogP contribution >= 0.6 is 0 Å². The first-order valence-corrected chi connectivity index (χ1v) is 10.8. The number of benzene rings is 2. The summed E-state index contributed by atoms with van der Waals surface area (Å²) in [6, 6.07) is 16.1. The maximum absolute atomic E-state index is 13.1. The number of sulfone groups is 1. The third-order valence-corrected chi connectivity index (χ3v) is 5.96. The van der Waals surface area contributed by atoms with Gasteiger partial charge in [0.05, 0.1) is 16.1 Å². The van der Waals surface area contributed by atoms with E-state index < -0.39 is 9.84 Å². The van der Waals surface area contributed by atoms with Crippen molar-refractivity contribution in [2.75, 3.05) is 6.26 Å². The van der Waals surface area contributed by atoms with Crippen LogP contribution in [-0.2, 0) is 16.3 Å². The van der Waals surface area contributed by atoms with Crippen LogP contribution in [0.3, 0.4) is 0 Å². The monoisotopic (exact) mass is 380 g/mol. The molecule has 0 radical (unpaired) electrons. The van der Waals surface area contributed by atoms with Crippen molar-refractivity contribution in [3.05, 3.63) is 76.7 Å². The molecule has 1 aliphatic rings. The Labute approximate surface area is 158 Å². The van der Waals surface area contributed by atoms with Crippen LogP contribution in [-0.4, -0.2) is 24.5 Å². The van der Waals surface area contributed by atoms with Crippen molar-refractivity contribution in [2.24, 2.45) is 5.92 Å². The molecule has 0 aliphatic heterocycles. The molecular formula is C21H20N2O3S. The average Bonchev–Trinajstić information content (AvgIpc) is 3.46. The lowest BCUT2D eigenvalue weighted by atomic mass is 10.1. The van der Waals surface area contributed by atoms with Crippen LogP contribution in [0.2, 0.25) is 0 Å². The van der Waals surface area contributed by atoms with Crippen LogP contribution in [0.15, 0.2) is 70.5 Å². The molecule has 0 spiro atoms. The predicted molar refractivity (Wildman–Crippen MR) is 105 cm³/mol. The summed E-state index contributed by atoms with van der Waals surface area (Å²) in [6.07, 6.45) is 5.91. The number of aromatic nitrogens is 2. The molecule has 1 aromatic heterocycles. The Hall–Kier alpha value is -2.73. The van der Waals surface area contributed by atoms with Crippen LogP contribution in [0.25, 0.3) is 16.8 Å². The summed E-state index contributed by atoms with van der Waals surface area (Å²) in [7, 11) is -3.38. The number of hydrogen-bond donors (Lipinski definition) is 0. The van der Waals surface area contributed by atoms with Gasteiger partial charge >= 0.3 is 0 Å². The Morgan fingerprint density at radius 2 is 1.81 bits per heavy atom. The van der Waals surface area contributed by atoms with Gasteiger partial charge in [0.2, 0.25) is 0 Å². The summed E-state index contributed by atoms with van der Waals surface area (Å²) < 4.78 is 25.4. The molecular weight excluding hydrogens is 360 g/mol. The first-order valence-electron chi connectivity index (χ1n) is 8.90. The third-order valence-electron chi connectivity index (χ3n) is 4.85. The zero-order valence-electron chi connectivity index (χ0n) is 15.0. The van der Waals surface area contributed by atoms with E-state index in [-0.39, 0.29) is 10.5 Å². The van der Waals surface area contributed by atoms with Crippen molar-refractivity contribution in [3.63, 3.8) is 0 Å². The minimum atomic E-state index is -3.38. The van der Waals surface area contributed by atoms with E-state index in [9.17, 15) is 13.2 Å². The second kappa shape index (κ2) is 6.78. The maximum atomic E-state index is 13.1. The lowest BCUT2D eigenvalue weighted by molar-refractivity contribution is 0.601. The van der Waals surface area contributed by atoms with E-state index in [1.165, 1.54) is 23.8 Å². The topological polar surface area (TPSA) is 69.0 Å². The summed E-state index contributed by atoms with van der Waals surface area (Å²) in [4.78, 5) is 13.3. The summed E-state index contributed by atoms with van der Waals surface area (Å²) in [6.45, 7) is 0. The normalized spacial score (nSPS) is 14.3. The van der Waals surface area contributed by atoms with Crippen LogP contribution in [0.1, 0.15) is 18.4 Å². The van der Waals surface area contributed by atoms with Crippen molar-refractivity contribution >= 4 is 9.84 Å². The highest BCUT2D eigenvalue weighted by Gasteiger charge is 2.24. The van der Waals surface area contributed by atoms with Gasteiger partial charge in [-0.05, 0) is 54.5 Å². The van der Waals surface area contributed by atoms with E-state index in [0.717, 1.165) is 17.5 Å². The van der Waals surface area contributed by atoms with Crippen molar-refractivity contribution in [1.29, 1.82) is 0 Å². The molecule has 1 aliphatic carbocycles. The van der Waals surface area contributed by atoms with Crippen LogP contribution in [0.4, 0.5) is 0 Å². The Kier molecular flexibility index (Phi) is 4.44. The van der Waals surface area contributed by atoms with Crippen molar-refractivity contribution in [1.82, 2.24) is 9.78 Å². The predicted octanol–water partition coefficient (Wildman–Crippen LogP) is 3.26. The van der Waals surface area contributed by atoms with Crippen LogP contribution in [0, 0.1) is 5.92 Å². The molecule has 0 amide bonds. The standard InChI is InChI=1S/C21H20N2O3S/c1-27(25,26)18-10-9-17(13-15-7-8-15)20(14-18)23-21(24)19(11-12-22-23)16-5-3-2-4-6-16/h2-6,9-12,14-15H,7-8,13H2,1H3.